The van der Waals surface area contributed by atoms with E-state index in [-0.39, 0.29) is 12.1 Å². The van der Waals surface area contributed by atoms with Gasteiger partial charge in [-0.25, -0.2) is 0 Å². The van der Waals surface area contributed by atoms with Gasteiger partial charge in [0.15, 0.2) is 0 Å². The molecule has 2 rings (SSSR count). The molecule has 0 fully saturated rings. The van der Waals surface area contributed by atoms with Crippen LogP contribution in [0.1, 0.15) is 26.5 Å². The fourth-order valence-corrected chi connectivity index (χ4v) is 2.06. The molecule has 0 amide bonds. The molecular weight excluding hydrogens is 252 g/mol. The number of fused-ring (bicyclic) bond motifs is 1. The minimum atomic E-state index is -0.524. The van der Waals surface area contributed by atoms with Gasteiger partial charge in [-0.2, -0.15) is 0 Å². The van der Waals surface area contributed by atoms with E-state index in [1.54, 1.807) is 0 Å². The highest BCUT2D eigenvalue weighted by Crippen LogP contribution is 2.26. The van der Waals surface area contributed by atoms with E-state index in [4.69, 9.17) is 4.74 Å². The Bertz CT molecular complexity index is 569. The molecule has 4 nitrogen and oxygen atoms in total. The van der Waals surface area contributed by atoms with Crippen LogP contribution in [0.25, 0.3) is 10.9 Å². The van der Waals surface area contributed by atoms with Crippen LogP contribution in [0.5, 0.6) is 5.75 Å². The van der Waals surface area contributed by atoms with E-state index >= 15 is 0 Å². The van der Waals surface area contributed by atoms with Crippen molar-refractivity contribution in [2.45, 2.75) is 39.3 Å². The number of aliphatic hydroxyl groups is 1. The number of aromatic amines is 1. The molecule has 0 spiro atoms. The first-order valence-corrected chi connectivity index (χ1v) is 6.99. The van der Waals surface area contributed by atoms with Crippen molar-refractivity contribution in [2.24, 2.45) is 0 Å². The Kier molecular flexibility index (Phi) is 4.35. The average molecular weight is 276 g/mol. The number of aliphatic hydroxyl groups excluding tert-OH is 1. The Hall–Kier alpha value is -1.52. The molecule has 0 radical (unpaired) electrons. The number of ether oxygens (including phenoxy) is 1. The van der Waals surface area contributed by atoms with E-state index in [1.807, 2.05) is 25.1 Å². The van der Waals surface area contributed by atoms with Gasteiger partial charge in [-0.05, 0) is 45.9 Å². The van der Waals surface area contributed by atoms with Gasteiger partial charge in [-0.15, -0.1) is 0 Å². The van der Waals surface area contributed by atoms with Crippen LogP contribution in [0.2, 0.25) is 0 Å². The number of rotatable bonds is 5. The standard InChI is InChI=1S/C16H24N2O2/c1-11-8-13-14(18-11)6-5-7-15(13)20-10-12(19)9-17-16(2,3)4/h5-8,12,17-19H,9-10H2,1-4H3/t12-/m1/s1. The van der Waals surface area contributed by atoms with E-state index in [9.17, 15) is 5.11 Å². The molecule has 4 heteroatoms. The van der Waals surface area contributed by atoms with Crippen LogP contribution < -0.4 is 10.1 Å². The quantitative estimate of drug-likeness (QED) is 0.787. The van der Waals surface area contributed by atoms with Crippen molar-refractivity contribution >= 4 is 10.9 Å². The number of benzene rings is 1. The van der Waals surface area contributed by atoms with Crippen molar-refractivity contribution in [3.8, 4) is 5.75 Å². The number of aromatic nitrogens is 1. The summed E-state index contributed by atoms with van der Waals surface area (Å²) < 4.78 is 5.75. The number of β-amino-alcohol motifs (C(OH)–C–C–N with tert-alkyl or cyclic N) is 1. The maximum Gasteiger partial charge on any atom is 0.128 e. The monoisotopic (exact) mass is 276 g/mol. The predicted octanol–water partition coefficient (Wildman–Crippen LogP) is 2.60. The molecule has 110 valence electrons. The molecule has 0 aliphatic heterocycles. The van der Waals surface area contributed by atoms with Gasteiger partial charge in [0, 0.05) is 28.7 Å². The van der Waals surface area contributed by atoms with Gasteiger partial charge in [0.05, 0.1) is 0 Å². The van der Waals surface area contributed by atoms with E-state index in [1.165, 1.54) is 0 Å². The molecule has 1 atom stereocenters. The van der Waals surface area contributed by atoms with E-state index < -0.39 is 6.10 Å². The lowest BCUT2D eigenvalue weighted by Crippen LogP contribution is -2.42. The molecule has 3 N–H and O–H groups in total. The lowest BCUT2D eigenvalue weighted by molar-refractivity contribution is 0.101. The van der Waals surface area contributed by atoms with Crippen molar-refractivity contribution in [1.29, 1.82) is 0 Å². The Morgan fingerprint density at radius 1 is 1.35 bits per heavy atom. The van der Waals surface area contributed by atoms with Gasteiger partial charge >= 0.3 is 0 Å². The topological polar surface area (TPSA) is 57.3 Å². The summed E-state index contributed by atoms with van der Waals surface area (Å²) in [6.07, 6.45) is -0.524. The van der Waals surface area contributed by atoms with Crippen molar-refractivity contribution in [2.75, 3.05) is 13.2 Å². The largest absolute Gasteiger partial charge is 0.490 e. The summed E-state index contributed by atoms with van der Waals surface area (Å²) in [7, 11) is 0. The van der Waals surface area contributed by atoms with Crippen molar-refractivity contribution < 1.29 is 9.84 Å². The van der Waals surface area contributed by atoms with Gasteiger partial charge in [0.2, 0.25) is 0 Å². The molecule has 0 saturated heterocycles. The van der Waals surface area contributed by atoms with Crippen LogP contribution in [0, 0.1) is 6.92 Å². The average Bonchev–Trinajstić information content (AvgIpc) is 2.73. The summed E-state index contributed by atoms with van der Waals surface area (Å²) in [6, 6.07) is 7.96. The van der Waals surface area contributed by atoms with Crippen LogP contribution in [-0.4, -0.2) is 34.9 Å². The molecule has 0 saturated carbocycles. The SMILES string of the molecule is Cc1cc2c(OC[C@H](O)CNC(C)(C)C)cccc2[nH]1. The Balaban J connectivity index is 1.95. The second-order valence-corrected chi connectivity index (χ2v) is 6.27. The van der Waals surface area contributed by atoms with Crippen LogP contribution in [0.15, 0.2) is 24.3 Å². The first-order valence-electron chi connectivity index (χ1n) is 6.99. The van der Waals surface area contributed by atoms with Crippen molar-refractivity contribution in [3.63, 3.8) is 0 Å². The number of H-pyrrole nitrogens is 1. The van der Waals surface area contributed by atoms with Crippen molar-refractivity contribution in [1.82, 2.24) is 10.3 Å². The molecule has 0 unspecified atom stereocenters. The fourth-order valence-electron chi connectivity index (χ4n) is 2.06. The maximum atomic E-state index is 9.96. The molecule has 0 bridgehead atoms. The minimum Gasteiger partial charge on any atom is -0.490 e. The first-order chi connectivity index (χ1) is 9.35. The zero-order chi connectivity index (χ0) is 14.8. The highest BCUT2D eigenvalue weighted by Gasteiger charge is 2.13. The van der Waals surface area contributed by atoms with Crippen LogP contribution in [0.4, 0.5) is 0 Å². The van der Waals surface area contributed by atoms with E-state index in [0.29, 0.717) is 6.54 Å². The number of hydrogen-bond donors (Lipinski definition) is 3. The summed E-state index contributed by atoms with van der Waals surface area (Å²) in [4.78, 5) is 3.28. The Morgan fingerprint density at radius 2 is 2.10 bits per heavy atom. The minimum absolute atomic E-state index is 0.00125. The van der Waals surface area contributed by atoms with Crippen molar-refractivity contribution in [3.05, 3.63) is 30.0 Å². The van der Waals surface area contributed by atoms with Crippen LogP contribution in [-0.2, 0) is 0 Å². The van der Waals surface area contributed by atoms with Crippen LogP contribution in [0.3, 0.4) is 0 Å². The second-order valence-electron chi connectivity index (χ2n) is 6.27. The summed E-state index contributed by atoms with van der Waals surface area (Å²) in [6.45, 7) is 9.04. The molecule has 2 aromatic rings. The third-order valence-electron chi connectivity index (χ3n) is 3.06. The highest BCUT2D eigenvalue weighted by molar-refractivity contribution is 5.86. The molecule has 1 aromatic heterocycles. The third kappa shape index (κ3) is 3.99. The zero-order valence-corrected chi connectivity index (χ0v) is 12.7. The van der Waals surface area contributed by atoms with Gasteiger partial charge in [0.1, 0.15) is 18.5 Å². The second kappa shape index (κ2) is 5.85. The summed E-state index contributed by atoms with van der Waals surface area (Å²) in [5, 5.41) is 14.3. The zero-order valence-electron chi connectivity index (χ0n) is 12.7. The number of aryl methyl sites for hydroxylation is 1. The molecule has 1 heterocycles. The summed E-state index contributed by atoms with van der Waals surface area (Å²) >= 11 is 0. The van der Waals surface area contributed by atoms with Gasteiger partial charge in [-0.3, -0.25) is 0 Å². The molecule has 0 aliphatic rings. The molecule has 1 aromatic carbocycles. The number of hydrogen-bond acceptors (Lipinski definition) is 3. The Morgan fingerprint density at radius 3 is 2.80 bits per heavy atom. The number of nitrogens with one attached hydrogen (secondary N) is 2. The summed E-state index contributed by atoms with van der Waals surface area (Å²) in [5.74, 6) is 0.807. The summed E-state index contributed by atoms with van der Waals surface area (Å²) in [5.41, 5.74) is 2.16. The predicted molar refractivity (Wildman–Crippen MR) is 82.3 cm³/mol. The molecule has 20 heavy (non-hydrogen) atoms. The smallest absolute Gasteiger partial charge is 0.128 e. The lowest BCUT2D eigenvalue weighted by Gasteiger charge is -2.23. The molecule has 0 aliphatic carbocycles. The van der Waals surface area contributed by atoms with Gasteiger partial charge in [-0.1, -0.05) is 6.07 Å². The lowest BCUT2D eigenvalue weighted by atomic mass is 10.1. The van der Waals surface area contributed by atoms with Crippen LogP contribution >= 0.6 is 0 Å². The molecular formula is C16H24N2O2. The van der Waals surface area contributed by atoms with Gasteiger partial charge in [0.25, 0.3) is 0 Å². The fraction of sp³-hybridized carbons (Fsp3) is 0.500. The van der Waals surface area contributed by atoms with E-state index in [0.717, 1.165) is 22.3 Å². The third-order valence-corrected chi connectivity index (χ3v) is 3.06. The highest BCUT2D eigenvalue weighted by atomic mass is 16.5. The van der Waals surface area contributed by atoms with E-state index in [2.05, 4.69) is 37.1 Å². The maximum absolute atomic E-state index is 9.96. The normalized spacial score (nSPS) is 13.7. The first kappa shape index (κ1) is 14.9. The van der Waals surface area contributed by atoms with Gasteiger partial charge < -0.3 is 20.1 Å². The Labute approximate surface area is 120 Å².